The third-order valence-corrected chi connectivity index (χ3v) is 3.15. The zero-order chi connectivity index (χ0) is 17.3. The molecule has 0 aliphatic carbocycles. The molecule has 0 heterocycles. The van der Waals surface area contributed by atoms with Gasteiger partial charge in [0.15, 0.2) is 0 Å². The van der Waals surface area contributed by atoms with Crippen molar-refractivity contribution in [1.29, 1.82) is 0 Å². The van der Waals surface area contributed by atoms with Gasteiger partial charge in [0.1, 0.15) is 0 Å². The van der Waals surface area contributed by atoms with Crippen molar-refractivity contribution in [1.82, 2.24) is 5.32 Å². The van der Waals surface area contributed by atoms with Crippen molar-refractivity contribution in [3.05, 3.63) is 0 Å². The minimum atomic E-state index is -1.02. The van der Waals surface area contributed by atoms with Crippen LogP contribution in [-0.4, -0.2) is 35.5 Å². The maximum absolute atomic E-state index is 11.7. The lowest BCUT2D eigenvalue weighted by Crippen LogP contribution is -2.40. The predicted molar refractivity (Wildman–Crippen MR) is 80.1 cm³/mol. The Balaban J connectivity index is 4.42. The van der Waals surface area contributed by atoms with E-state index in [4.69, 9.17) is 14.6 Å². The fraction of sp³-hybridized carbons (Fsp3) is 0.800. The smallest absolute Gasteiger partial charge is 0.410 e. The first kappa shape index (κ1) is 20.2. The third kappa shape index (κ3) is 9.20. The van der Waals surface area contributed by atoms with E-state index < -0.39 is 30.4 Å². The number of alkyl carbamates (subject to hydrolysis) is 1. The van der Waals surface area contributed by atoms with Gasteiger partial charge in [-0.2, -0.15) is 0 Å². The number of ether oxygens (including phenoxy) is 2. The SMILES string of the molecule is CC[C@@H](C)C[C@@H](CC(=O)O)NC(=O)O[C@H](C)OC(=O)C(C)C. The van der Waals surface area contributed by atoms with Crippen LogP contribution in [0.4, 0.5) is 4.79 Å². The van der Waals surface area contributed by atoms with Gasteiger partial charge in [-0.3, -0.25) is 9.59 Å². The standard InChI is InChI=1S/C15H27NO6/c1-6-10(4)7-12(8-13(17)18)16-15(20)22-11(5)21-14(19)9(2)3/h9-12H,6-8H2,1-5H3,(H,16,20)(H,17,18)/t10-,11-,12+/m1/s1. The summed E-state index contributed by atoms with van der Waals surface area (Å²) in [7, 11) is 0. The number of amides is 1. The van der Waals surface area contributed by atoms with Gasteiger partial charge in [-0.1, -0.05) is 34.1 Å². The first-order valence-corrected chi connectivity index (χ1v) is 7.55. The van der Waals surface area contributed by atoms with E-state index >= 15 is 0 Å². The molecule has 0 aliphatic heterocycles. The van der Waals surface area contributed by atoms with Crippen molar-refractivity contribution in [2.24, 2.45) is 11.8 Å². The lowest BCUT2D eigenvalue weighted by Gasteiger charge is -2.21. The number of carbonyl (C=O) groups is 3. The van der Waals surface area contributed by atoms with Gasteiger partial charge in [-0.15, -0.1) is 0 Å². The summed E-state index contributed by atoms with van der Waals surface area (Å²) < 4.78 is 9.82. The van der Waals surface area contributed by atoms with Crippen molar-refractivity contribution >= 4 is 18.0 Å². The zero-order valence-corrected chi connectivity index (χ0v) is 13.9. The topological polar surface area (TPSA) is 102 Å². The highest BCUT2D eigenvalue weighted by molar-refractivity contribution is 5.73. The fourth-order valence-corrected chi connectivity index (χ4v) is 1.73. The lowest BCUT2D eigenvalue weighted by molar-refractivity contribution is -0.168. The van der Waals surface area contributed by atoms with Gasteiger partial charge < -0.3 is 19.9 Å². The number of rotatable bonds is 9. The average Bonchev–Trinajstić information content (AvgIpc) is 2.36. The van der Waals surface area contributed by atoms with Crippen molar-refractivity contribution in [3.8, 4) is 0 Å². The summed E-state index contributed by atoms with van der Waals surface area (Å²) in [4.78, 5) is 34.0. The molecule has 0 aliphatic rings. The molecule has 3 atom stereocenters. The summed E-state index contributed by atoms with van der Waals surface area (Å²) in [6.07, 6.45) is -0.574. The van der Waals surface area contributed by atoms with E-state index in [1.54, 1.807) is 13.8 Å². The summed E-state index contributed by atoms with van der Waals surface area (Å²) in [5, 5.41) is 11.4. The molecule has 128 valence electrons. The molecule has 0 aromatic rings. The Bertz CT molecular complexity index is 382. The minimum absolute atomic E-state index is 0.181. The molecule has 0 rings (SSSR count). The molecule has 0 radical (unpaired) electrons. The number of carboxylic acid groups (broad SMARTS) is 1. The van der Waals surface area contributed by atoms with E-state index in [0.717, 1.165) is 6.42 Å². The minimum Gasteiger partial charge on any atom is -0.481 e. The molecule has 22 heavy (non-hydrogen) atoms. The van der Waals surface area contributed by atoms with E-state index in [9.17, 15) is 14.4 Å². The highest BCUT2D eigenvalue weighted by Gasteiger charge is 2.21. The fourth-order valence-electron chi connectivity index (χ4n) is 1.73. The number of aliphatic carboxylic acids is 1. The molecule has 0 unspecified atom stereocenters. The number of esters is 1. The van der Waals surface area contributed by atoms with Gasteiger partial charge in [-0.05, 0) is 12.3 Å². The second-order valence-electron chi connectivity index (χ2n) is 5.75. The van der Waals surface area contributed by atoms with Gasteiger partial charge in [0, 0.05) is 13.0 Å². The molecule has 1 amide bonds. The molecular formula is C15H27NO6. The first-order valence-electron chi connectivity index (χ1n) is 7.55. The molecule has 0 aromatic heterocycles. The van der Waals surface area contributed by atoms with Gasteiger partial charge >= 0.3 is 18.0 Å². The summed E-state index contributed by atoms with van der Waals surface area (Å²) >= 11 is 0. The molecule has 0 spiro atoms. The van der Waals surface area contributed by atoms with Crippen LogP contribution in [0.5, 0.6) is 0 Å². The van der Waals surface area contributed by atoms with Crippen LogP contribution in [0.2, 0.25) is 0 Å². The normalized spacial score (nSPS) is 14.8. The summed E-state index contributed by atoms with van der Waals surface area (Å²) in [5.41, 5.74) is 0. The second kappa shape index (κ2) is 10.0. The highest BCUT2D eigenvalue weighted by atomic mass is 16.7. The maximum atomic E-state index is 11.7. The predicted octanol–water partition coefficient (Wildman–Crippen LogP) is 2.54. The Labute approximate surface area is 131 Å². The molecule has 2 N–H and O–H groups in total. The van der Waals surface area contributed by atoms with Crippen molar-refractivity contribution in [3.63, 3.8) is 0 Å². The van der Waals surface area contributed by atoms with Crippen LogP contribution in [0.3, 0.4) is 0 Å². The first-order chi connectivity index (χ1) is 10.1. The Kier molecular flexibility index (Phi) is 9.21. The third-order valence-electron chi connectivity index (χ3n) is 3.15. The van der Waals surface area contributed by atoms with Crippen molar-refractivity contribution in [2.45, 2.75) is 66.2 Å². The Morgan fingerprint density at radius 2 is 1.68 bits per heavy atom. The molecular weight excluding hydrogens is 290 g/mol. The van der Waals surface area contributed by atoms with E-state index in [1.807, 2.05) is 13.8 Å². The molecule has 7 heteroatoms. The van der Waals surface area contributed by atoms with Crippen LogP contribution < -0.4 is 5.32 Å². The molecule has 0 saturated heterocycles. The Hall–Kier alpha value is -1.79. The quantitative estimate of drug-likeness (QED) is 0.500. The molecule has 0 fully saturated rings. The monoisotopic (exact) mass is 317 g/mol. The van der Waals surface area contributed by atoms with Crippen molar-refractivity contribution < 1.29 is 29.0 Å². The van der Waals surface area contributed by atoms with Crippen LogP contribution in [0, 0.1) is 11.8 Å². The average molecular weight is 317 g/mol. The molecule has 0 saturated carbocycles. The lowest BCUT2D eigenvalue weighted by atomic mass is 9.97. The van der Waals surface area contributed by atoms with Crippen LogP contribution in [0.15, 0.2) is 0 Å². The molecule has 0 bridgehead atoms. The van der Waals surface area contributed by atoms with E-state index in [1.165, 1.54) is 6.92 Å². The molecule has 0 aromatic carbocycles. The van der Waals surface area contributed by atoms with Gasteiger partial charge in [0.2, 0.25) is 6.29 Å². The zero-order valence-electron chi connectivity index (χ0n) is 13.9. The van der Waals surface area contributed by atoms with Crippen LogP contribution >= 0.6 is 0 Å². The summed E-state index contributed by atoms with van der Waals surface area (Å²) in [5.74, 6) is -1.50. The maximum Gasteiger partial charge on any atom is 0.410 e. The van der Waals surface area contributed by atoms with E-state index in [0.29, 0.717) is 6.42 Å². The van der Waals surface area contributed by atoms with E-state index in [-0.39, 0.29) is 18.3 Å². The summed E-state index contributed by atoms with van der Waals surface area (Å²) in [6, 6.07) is -0.520. The molecule has 7 nitrogen and oxygen atoms in total. The number of nitrogens with one attached hydrogen (secondary N) is 1. The Morgan fingerprint density at radius 3 is 2.14 bits per heavy atom. The number of carboxylic acids is 1. The van der Waals surface area contributed by atoms with Crippen LogP contribution in [0.1, 0.15) is 53.9 Å². The largest absolute Gasteiger partial charge is 0.481 e. The van der Waals surface area contributed by atoms with Crippen molar-refractivity contribution in [2.75, 3.05) is 0 Å². The number of carbonyl (C=O) groups excluding carboxylic acids is 2. The number of hydrogen-bond acceptors (Lipinski definition) is 5. The van der Waals surface area contributed by atoms with Crippen LogP contribution in [0.25, 0.3) is 0 Å². The van der Waals surface area contributed by atoms with Gasteiger partial charge in [-0.25, -0.2) is 4.79 Å². The Morgan fingerprint density at radius 1 is 1.09 bits per heavy atom. The van der Waals surface area contributed by atoms with Gasteiger partial charge in [0.05, 0.1) is 12.3 Å². The van der Waals surface area contributed by atoms with E-state index in [2.05, 4.69) is 5.32 Å². The number of hydrogen-bond donors (Lipinski definition) is 2. The highest BCUT2D eigenvalue weighted by Crippen LogP contribution is 2.13. The van der Waals surface area contributed by atoms with Gasteiger partial charge in [0.25, 0.3) is 0 Å². The second-order valence-corrected chi connectivity index (χ2v) is 5.75. The van der Waals surface area contributed by atoms with Crippen LogP contribution in [-0.2, 0) is 19.1 Å². The summed E-state index contributed by atoms with van der Waals surface area (Å²) in [6.45, 7) is 8.75.